The van der Waals surface area contributed by atoms with Gasteiger partial charge in [-0.15, -0.1) is 10.2 Å². The zero-order chi connectivity index (χ0) is 22.3. The molecule has 1 atom stereocenters. The van der Waals surface area contributed by atoms with Crippen molar-refractivity contribution in [2.24, 2.45) is 0 Å². The first-order chi connectivity index (χ1) is 15.6. The van der Waals surface area contributed by atoms with Crippen molar-refractivity contribution in [3.8, 4) is 5.69 Å². The van der Waals surface area contributed by atoms with Crippen LogP contribution in [0.2, 0.25) is 5.02 Å². The summed E-state index contributed by atoms with van der Waals surface area (Å²) in [6, 6.07) is 27.5. The van der Waals surface area contributed by atoms with Gasteiger partial charge in [0, 0.05) is 17.1 Å². The fourth-order valence-electron chi connectivity index (χ4n) is 3.37. The summed E-state index contributed by atoms with van der Waals surface area (Å²) in [4.78, 5) is 12.6. The van der Waals surface area contributed by atoms with Gasteiger partial charge in [0.15, 0.2) is 5.16 Å². The van der Waals surface area contributed by atoms with E-state index in [9.17, 15) is 4.79 Å². The number of amides is 1. The first-order valence-corrected chi connectivity index (χ1v) is 11.7. The van der Waals surface area contributed by atoms with Crippen LogP contribution in [0.4, 0.5) is 0 Å². The summed E-state index contributed by atoms with van der Waals surface area (Å²) in [5.41, 5.74) is 3.12. The number of aromatic nitrogens is 3. The summed E-state index contributed by atoms with van der Waals surface area (Å²) in [7, 11) is 0. The molecule has 7 heteroatoms. The number of hydrogen-bond donors (Lipinski definition) is 1. The minimum Gasteiger partial charge on any atom is -0.349 e. The summed E-state index contributed by atoms with van der Waals surface area (Å²) in [6.45, 7) is 1.98. The second-order valence-corrected chi connectivity index (χ2v) is 8.74. The minimum absolute atomic E-state index is 0.0541. The molecule has 32 heavy (non-hydrogen) atoms. The molecule has 1 amide bonds. The van der Waals surface area contributed by atoms with E-state index in [4.69, 9.17) is 11.6 Å². The van der Waals surface area contributed by atoms with Crippen LogP contribution in [0.25, 0.3) is 5.69 Å². The molecule has 4 rings (SSSR count). The molecule has 0 saturated carbocycles. The van der Waals surface area contributed by atoms with E-state index >= 15 is 0 Å². The Labute approximate surface area is 196 Å². The van der Waals surface area contributed by atoms with E-state index in [0.29, 0.717) is 16.6 Å². The topological polar surface area (TPSA) is 59.8 Å². The van der Waals surface area contributed by atoms with Crippen LogP contribution in [-0.4, -0.2) is 26.4 Å². The van der Waals surface area contributed by atoms with Crippen LogP contribution in [0, 0.1) is 0 Å². The smallest absolute Gasteiger partial charge is 0.230 e. The van der Waals surface area contributed by atoms with Crippen LogP contribution in [0.15, 0.2) is 90.1 Å². The van der Waals surface area contributed by atoms with E-state index < -0.39 is 0 Å². The van der Waals surface area contributed by atoms with Crippen molar-refractivity contribution in [3.63, 3.8) is 0 Å². The second-order valence-electron chi connectivity index (χ2n) is 7.36. The summed E-state index contributed by atoms with van der Waals surface area (Å²) >= 11 is 7.45. The maximum absolute atomic E-state index is 12.6. The first kappa shape index (κ1) is 22.1. The summed E-state index contributed by atoms with van der Waals surface area (Å²) < 4.78 is 1.99. The molecule has 0 spiro atoms. The highest BCUT2D eigenvalue weighted by molar-refractivity contribution is 7.99. The van der Waals surface area contributed by atoms with Crippen LogP contribution >= 0.6 is 23.4 Å². The Morgan fingerprint density at radius 3 is 2.31 bits per heavy atom. The standard InChI is InChI=1S/C25H23ClN4OS/c1-18(20-10-6-3-7-11-20)27-24(31)17-32-25-29-28-23(16-19-8-4-2-5-9-19)30(25)22-14-12-21(26)13-15-22/h2-15,18H,16-17H2,1H3,(H,27,31)/t18-/m0/s1. The third-order valence-corrected chi connectivity index (χ3v) is 6.18. The number of halogens is 1. The highest BCUT2D eigenvalue weighted by Crippen LogP contribution is 2.25. The van der Waals surface area contributed by atoms with Crippen molar-refractivity contribution in [2.75, 3.05) is 5.75 Å². The van der Waals surface area contributed by atoms with Gasteiger partial charge in [-0.05, 0) is 42.3 Å². The molecule has 3 aromatic carbocycles. The molecule has 0 aliphatic heterocycles. The molecule has 5 nitrogen and oxygen atoms in total. The van der Waals surface area contributed by atoms with Gasteiger partial charge in [0.25, 0.3) is 0 Å². The molecule has 1 N–H and O–H groups in total. The molecule has 0 saturated heterocycles. The Morgan fingerprint density at radius 1 is 0.969 bits per heavy atom. The number of thioether (sulfide) groups is 1. The second kappa shape index (κ2) is 10.5. The average molecular weight is 463 g/mol. The van der Waals surface area contributed by atoms with Gasteiger partial charge in [-0.3, -0.25) is 9.36 Å². The molecule has 0 radical (unpaired) electrons. The lowest BCUT2D eigenvalue weighted by atomic mass is 10.1. The van der Waals surface area contributed by atoms with Crippen LogP contribution in [-0.2, 0) is 11.2 Å². The Hall–Kier alpha value is -3.09. The lowest BCUT2D eigenvalue weighted by Crippen LogP contribution is -2.28. The van der Waals surface area contributed by atoms with Crippen LogP contribution in [0.5, 0.6) is 0 Å². The fraction of sp³-hybridized carbons (Fsp3) is 0.160. The predicted molar refractivity (Wildman–Crippen MR) is 129 cm³/mol. The molecule has 162 valence electrons. The number of nitrogens with one attached hydrogen (secondary N) is 1. The number of nitrogens with zero attached hydrogens (tertiary/aromatic N) is 3. The lowest BCUT2D eigenvalue weighted by Gasteiger charge is -2.14. The van der Waals surface area contributed by atoms with Gasteiger partial charge in [0.05, 0.1) is 11.8 Å². The molecule has 0 unspecified atom stereocenters. The molecule has 4 aromatic rings. The Bertz CT molecular complexity index is 1160. The van der Waals surface area contributed by atoms with Crippen LogP contribution in [0.3, 0.4) is 0 Å². The van der Waals surface area contributed by atoms with E-state index in [-0.39, 0.29) is 17.7 Å². The quantitative estimate of drug-likeness (QED) is 0.352. The van der Waals surface area contributed by atoms with Crippen molar-refractivity contribution >= 4 is 29.3 Å². The van der Waals surface area contributed by atoms with Gasteiger partial charge in [0.1, 0.15) is 5.82 Å². The predicted octanol–water partition coefficient (Wildman–Crippen LogP) is 5.48. The SMILES string of the molecule is C[C@H](NC(=O)CSc1nnc(Cc2ccccc2)n1-c1ccc(Cl)cc1)c1ccccc1. The summed E-state index contributed by atoms with van der Waals surface area (Å²) in [5.74, 6) is 0.995. The Balaban J connectivity index is 1.51. The van der Waals surface area contributed by atoms with E-state index in [1.165, 1.54) is 11.8 Å². The van der Waals surface area contributed by atoms with Crippen molar-refractivity contribution in [2.45, 2.75) is 24.5 Å². The molecular weight excluding hydrogens is 440 g/mol. The minimum atomic E-state index is -0.0629. The highest BCUT2D eigenvalue weighted by atomic mass is 35.5. The third kappa shape index (κ3) is 5.58. The molecule has 0 bridgehead atoms. The molecular formula is C25H23ClN4OS. The van der Waals surface area contributed by atoms with E-state index in [1.807, 2.05) is 84.3 Å². The van der Waals surface area contributed by atoms with Gasteiger partial charge in [-0.2, -0.15) is 0 Å². The Morgan fingerprint density at radius 2 is 1.62 bits per heavy atom. The van der Waals surface area contributed by atoms with Crippen molar-refractivity contribution in [1.82, 2.24) is 20.1 Å². The van der Waals surface area contributed by atoms with Gasteiger partial charge in [-0.25, -0.2) is 0 Å². The first-order valence-electron chi connectivity index (χ1n) is 10.3. The molecule has 1 heterocycles. The molecule has 0 fully saturated rings. The number of benzene rings is 3. The van der Waals surface area contributed by atoms with Crippen molar-refractivity contribution in [3.05, 3.63) is 107 Å². The summed E-state index contributed by atoms with van der Waals surface area (Å²) in [5, 5.41) is 13.2. The number of carbonyl (C=O) groups is 1. The largest absolute Gasteiger partial charge is 0.349 e. The number of rotatable bonds is 8. The van der Waals surface area contributed by atoms with E-state index in [0.717, 1.165) is 22.6 Å². The Kier molecular flexibility index (Phi) is 7.24. The fourth-order valence-corrected chi connectivity index (χ4v) is 4.28. The molecule has 1 aromatic heterocycles. The maximum Gasteiger partial charge on any atom is 0.230 e. The van der Waals surface area contributed by atoms with E-state index in [1.54, 1.807) is 0 Å². The molecule has 0 aliphatic rings. The average Bonchev–Trinajstić information content (AvgIpc) is 3.21. The number of carbonyl (C=O) groups excluding carboxylic acids is 1. The monoisotopic (exact) mass is 462 g/mol. The van der Waals surface area contributed by atoms with Crippen molar-refractivity contribution < 1.29 is 4.79 Å². The molecule has 0 aliphatic carbocycles. The normalized spacial score (nSPS) is 11.8. The maximum atomic E-state index is 12.6. The highest BCUT2D eigenvalue weighted by Gasteiger charge is 2.17. The zero-order valence-electron chi connectivity index (χ0n) is 17.6. The van der Waals surface area contributed by atoms with Crippen LogP contribution in [0.1, 0.15) is 29.9 Å². The number of hydrogen-bond acceptors (Lipinski definition) is 4. The van der Waals surface area contributed by atoms with Gasteiger partial charge in [0.2, 0.25) is 5.91 Å². The van der Waals surface area contributed by atoms with Gasteiger partial charge < -0.3 is 5.32 Å². The summed E-state index contributed by atoms with van der Waals surface area (Å²) in [6.07, 6.45) is 0.633. The van der Waals surface area contributed by atoms with Crippen LogP contribution < -0.4 is 5.32 Å². The van der Waals surface area contributed by atoms with Gasteiger partial charge >= 0.3 is 0 Å². The lowest BCUT2D eigenvalue weighted by molar-refractivity contribution is -0.119. The third-order valence-electron chi connectivity index (χ3n) is 5.00. The zero-order valence-corrected chi connectivity index (χ0v) is 19.2. The van der Waals surface area contributed by atoms with E-state index in [2.05, 4.69) is 27.6 Å². The van der Waals surface area contributed by atoms with Gasteiger partial charge in [-0.1, -0.05) is 84.0 Å². The van der Waals surface area contributed by atoms with Crippen molar-refractivity contribution in [1.29, 1.82) is 0 Å².